The van der Waals surface area contributed by atoms with Crippen molar-refractivity contribution in [2.24, 2.45) is 5.73 Å². The number of esters is 1. The number of methoxy groups -OCH3 is 1. The monoisotopic (exact) mass is 283 g/mol. The molecule has 0 heterocycles. The molecule has 102 valence electrons. The second-order valence-electron chi connectivity index (χ2n) is 3.60. The fourth-order valence-corrected chi connectivity index (χ4v) is 1.37. The molecular formula is C11H13ClF3NO2. The molecule has 0 fully saturated rings. The Labute approximate surface area is 109 Å². The number of ether oxygens (including phenoxy) is 1. The lowest BCUT2D eigenvalue weighted by atomic mass is 10.0. The lowest BCUT2D eigenvalue weighted by molar-refractivity contribution is -0.140. The number of carbonyl (C=O) groups excluding carboxylic acids is 1. The number of nitrogens with two attached hydrogens (primary N) is 1. The Hall–Kier alpha value is -1.27. The molecule has 0 aliphatic rings. The topological polar surface area (TPSA) is 52.3 Å². The van der Waals surface area contributed by atoms with Crippen LogP contribution in [0.5, 0.6) is 0 Å². The molecular weight excluding hydrogens is 271 g/mol. The predicted molar refractivity (Wildman–Crippen MR) is 61.9 cm³/mol. The maximum atomic E-state index is 13.2. The van der Waals surface area contributed by atoms with E-state index in [1.54, 1.807) is 0 Å². The van der Waals surface area contributed by atoms with Crippen LogP contribution in [0.1, 0.15) is 12.0 Å². The van der Waals surface area contributed by atoms with E-state index >= 15 is 0 Å². The minimum absolute atomic E-state index is 0. The Morgan fingerprint density at radius 1 is 1.28 bits per heavy atom. The Bertz CT molecular complexity index is 429. The zero-order valence-corrected chi connectivity index (χ0v) is 10.4. The van der Waals surface area contributed by atoms with E-state index in [0.717, 1.165) is 6.07 Å². The summed E-state index contributed by atoms with van der Waals surface area (Å²) in [5.74, 6) is -3.83. The van der Waals surface area contributed by atoms with Crippen LogP contribution < -0.4 is 5.73 Å². The van der Waals surface area contributed by atoms with Crippen molar-refractivity contribution in [3.8, 4) is 0 Å². The number of halogens is 4. The third-order valence-electron chi connectivity index (χ3n) is 2.23. The highest BCUT2D eigenvalue weighted by atomic mass is 35.5. The number of rotatable bonds is 4. The van der Waals surface area contributed by atoms with Gasteiger partial charge in [0, 0.05) is 12.1 Å². The van der Waals surface area contributed by atoms with E-state index in [-0.39, 0.29) is 30.8 Å². The summed E-state index contributed by atoms with van der Waals surface area (Å²) in [6, 6.07) is 0.485. The molecule has 1 unspecified atom stereocenters. The zero-order valence-electron chi connectivity index (χ0n) is 9.58. The van der Waals surface area contributed by atoms with Gasteiger partial charge in [-0.05, 0) is 18.1 Å². The van der Waals surface area contributed by atoms with Crippen LogP contribution in [0.15, 0.2) is 12.1 Å². The number of carbonyl (C=O) groups is 1. The zero-order chi connectivity index (χ0) is 13.0. The molecule has 1 aromatic rings. The van der Waals surface area contributed by atoms with Crippen molar-refractivity contribution in [2.75, 3.05) is 7.11 Å². The largest absolute Gasteiger partial charge is 0.469 e. The quantitative estimate of drug-likeness (QED) is 0.679. The van der Waals surface area contributed by atoms with Gasteiger partial charge in [-0.15, -0.1) is 12.4 Å². The van der Waals surface area contributed by atoms with Gasteiger partial charge < -0.3 is 10.5 Å². The number of hydrogen-bond donors (Lipinski definition) is 1. The minimum atomic E-state index is -1.26. The third-order valence-corrected chi connectivity index (χ3v) is 2.23. The van der Waals surface area contributed by atoms with E-state index < -0.39 is 29.5 Å². The van der Waals surface area contributed by atoms with Crippen molar-refractivity contribution in [3.63, 3.8) is 0 Å². The lowest BCUT2D eigenvalue weighted by Crippen LogP contribution is -2.27. The first-order chi connectivity index (χ1) is 7.93. The SMILES string of the molecule is COC(=O)CC(N)Cc1cc(F)c(F)cc1F.Cl. The molecule has 0 radical (unpaired) electrons. The Kier molecular flexibility index (Phi) is 6.72. The summed E-state index contributed by atoms with van der Waals surface area (Å²) in [6.45, 7) is 0. The molecule has 18 heavy (non-hydrogen) atoms. The lowest BCUT2D eigenvalue weighted by Gasteiger charge is -2.11. The molecule has 0 amide bonds. The summed E-state index contributed by atoms with van der Waals surface area (Å²) < 4.78 is 43.1. The predicted octanol–water partition coefficient (Wildman–Crippen LogP) is 1.96. The number of hydrogen-bond acceptors (Lipinski definition) is 3. The Morgan fingerprint density at radius 2 is 1.83 bits per heavy atom. The summed E-state index contributed by atoms with van der Waals surface area (Å²) in [5, 5.41) is 0. The first-order valence-corrected chi connectivity index (χ1v) is 4.90. The van der Waals surface area contributed by atoms with Crippen LogP contribution >= 0.6 is 12.4 Å². The molecule has 0 saturated carbocycles. The van der Waals surface area contributed by atoms with Crippen molar-refractivity contribution in [2.45, 2.75) is 18.9 Å². The molecule has 0 saturated heterocycles. The molecule has 0 aliphatic carbocycles. The molecule has 1 aromatic carbocycles. The van der Waals surface area contributed by atoms with Gasteiger partial charge in [0.25, 0.3) is 0 Å². The van der Waals surface area contributed by atoms with Crippen molar-refractivity contribution in [1.29, 1.82) is 0 Å². The van der Waals surface area contributed by atoms with E-state index in [1.165, 1.54) is 7.11 Å². The van der Waals surface area contributed by atoms with Gasteiger partial charge in [0.15, 0.2) is 11.6 Å². The highest BCUT2D eigenvalue weighted by molar-refractivity contribution is 5.85. The first-order valence-electron chi connectivity index (χ1n) is 4.90. The van der Waals surface area contributed by atoms with Crippen LogP contribution in [0, 0.1) is 17.5 Å². The fraction of sp³-hybridized carbons (Fsp3) is 0.364. The first kappa shape index (κ1) is 16.7. The molecule has 3 nitrogen and oxygen atoms in total. The van der Waals surface area contributed by atoms with Gasteiger partial charge in [0.05, 0.1) is 13.5 Å². The molecule has 7 heteroatoms. The summed E-state index contributed by atoms with van der Waals surface area (Å²) in [6.07, 6.45) is -0.187. The fourth-order valence-electron chi connectivity index (χ4n) is 1.37. The Morgan fingerprint density at radius 3 is 2.39 bits per heavy atom. The molecule has 2 N–H and O–H groups in total. The molecule has 0 bridgehead atoms. The van der Waals surface area contributed by atoms with E-state index in [1.807, 2.05) is 0 Å². The van der Waals surface area contributed by atoms with Gasteiger partial charge in [0.1, 0.15) is 5.82 Å². The van der Waals surface area contributed by atoms with Crippen LogP contribution in [0.2, 0.25) is 0 Å². The average Bonchev–Trinajstić information content (AvgIpc) is 2.25. The van der Waals surface area contributed by atoms with Gasteiger partial charge in [0.2, 0.25) is 0 Å². The number of benzene rings is 1. The van der Waals surface area contributed by atoms with Gasteiger partial charge >= 0.3 is 5.97 Å². The Balaban J connectivity index is 0.00000289. The van der Waals surface area contributed by atoms with Crippen molar-refractivity contribution in [3.05, 3.63) is 35.1 Å². The minimum Gasteiger partial charge on any atom is -0.469 e. The van der Waals surface area contributed by atoms with Crippen LogP contribution in [-0.4, -0.2) is 19.1 Å². The van der Waals surface area contributed by atoms with Gasteiger partial charge in [-0.1, -0.05) is 0 Å². The molecule has 0 aliphatic heterocycles. The standard InChI is InChI=1S/C11H12F3NO2.ClH/c1-17-11(16)4-7(15)2-6-3-9(13)10(14)5-8(6)12;/h3,5,7H,2,4,15H2,1H3;1H. The molecule has 1 atom stereocenters. The highest BCUT2D eigenvalue weighted by Gasteiger charge is 2.15. The molecule has 0 aromatic heterocycles. The van der Waals surface area contributed by atoms with E-state index in [0.29, 0.717) is 6.07 Å². The molecule has 1 rings (SSSR count). The van der Waals surface area contributed by atoms with Gasteiger partial charge in [-0.25, -0.2) is 13.2 Å². The summed E-state index contributed by atoms with van der Waals surface area (Å²) >= 11 is 0. The van der Waals surface area contributed by atoms with Gasteiger partial charge in [-0.2, -0.15) is 0 Å². The van der Waals surface area contributed by atoms with Crippen LogP contribution in [0.25, 0.3) is 0 Å². The summed E-state index contributed by atoms with van der Waals surface area (Å²) in [5.41, 5.74) is 5.49. The smallest absolute Gasteiger partial charge is 0.307 e. The van der Waals surface area contributed by atoms with Crippen LogP contribution in [0.4, 0.5) is 13.2 Å². The van der Waals surface area contributed by atoms with E-state index in [9.17, 15) is 18.0 Å². The second kappa shape index (κ2) is 7.23. The maximum Gasteiger partial charge on any atom is 0.307 e. The highest BCUT2D eigenvalue weighted by Crippen LogP contribution is 2.15. The van der Waals surface area contributed by atoms with Crippen LogP contribution in [0.3, 0.4) is 0 Å². The summed E-state index contributed by atoms with van der Waals surface area (Å²) in [7, 11) is 1.20. The maximum absolute atomic E-state index is 13.2. The molecule has 0 spiro atoms. The average molecular weight is 284 g/mol. The van der Waals surface area contributed by atoms with E-state index in [4.69, 9.17) is 5.73 Å². The summed E-state index contributed by atoms with van der Waals surface area (Å²) in [4.78, 5) is 10.9. The van der Waals surface area contributed by atoms with Crippen molar-refractivity contribution < 1.29 is 22.7 Å². The van der Waals surface area contributed by atoms with Crippen molar-refractivity contribution in [1.82, 2.24) is 0 Å². The van der Waals surface area contributed by atoms with E-state index in [2.05, 4.69) is 4.74 Å². The normalized spacial score (nSPS) is 11.6. The van der Waals surface area contributed by atoms with Gasteiger partial charge in [-0.3, -0.25) is 4.79 Å². The van der Waals surface area contributed by atoms with Crippen LogP contribution in [-0.2, 0) is 16.0 Å². The third kappa shape index (κ3) is 4.54. The second-order valence-corrected chi connectivity index (χ2v) is 3.60. The van der Waals surface area contributed by atoms with Crippen molar-refractivity contribution >= 4 is 18.4 Å².